The number of hydrogen-bond donors (Lipinski definition) is 1. The number of carbonyl (C=O) groups is 1. The first-order chi connectivity index (χ1) is 13.0. The summed E-state index contributed by atoms with van der Waals surface area (Å²) in [5, 5.41) is 11.2. The van der Waals surface area contributed by atoms with E-state index in [1.54, 1.807) is 0 Å². The van der Waals surface area contributed by atoms with Crippen LogP contribution in [0.25, 0.3) is 11.5 Å². The topological polar surface area (TPSA) is 71.3 Å². The molecular formula is C21H30N4O2. The molecule has 1 N–H and O–H groups in total. The molecule has 1 unspecified atom stereocenters. The van der Waals surface area contributed by atoms with Crippen LogP contribution in [-0.2, 0) is 11.2 Å². The number of likely N-dealkylation sites (tertiary alicyclic amines) is 1. The van der Waals surface area contributed by atoms with Gasteiger partial charge in [-0.25, -0.2) is 0 Å². The van der Waals surface area contributed by atoms with Gasteiger partial charge in [0, 0.05) is 37.5 Å². The van der Waals surface area contributed by atoms with Crippen molar-refractivity contribution in [2.75, 3.05) is 19.6 Å². The summed E-state index contributed by atoms with van der Waals surface area (Å²) in [6, 6.07) is 8.52. The molecule has 1 aromatic carbocycles. The number of carbonyl (C=O) groups excluding carboxylic acids is 1. The van der Waals surface area contributed by atoms with E-state index < -0.39 is 0 Å². The van der Waals surface area contributed by atoms with Crippen molar-refractivity contribution in [2.45, 2.75) is 52.5 Å². The summed E-state index contributed by atoms with van der Waals surface area (Å²) < 4.78 is 5.69. The molecule has 27 heavy (non-hydrogen) atoms. The van der Waals surface area contributed by atoms with Crippen molar-refractivity contribution in [1.82, 2.24) is 20.4 Å². The molecule has 1 atom stereocenters. The minimum absolute atomic E-state index is 0.0479. The van der Waals surface area contributed by atoms with Crippen LogP contribution in [0.1, 0.15) is 44.6 Å². The van der Waals surface area contributed by atoms with Crippen molar-refractivity contribution in [3.8, 4) is 11.5 Å². The monoisotopic (exact) mass is 370 g/mol. The molecule has 0 aliphatic carbocycles. The molecule has 1 fully saturated rings. The van der Waals surface area contributed by atoms with E-state index in [2.05, 4.69) is 34.3 Å². The molecular weight excluding hydrogens is 340 g/mol. The van der Waals surface area contributed by atoms with Crippen molar-refractivity contribution >= 4 is 5.91 Å². The predicted molar refractivity (Wildman–Crippen MR) is 105 cm³/mol. The Hall–Kier alpha value is -2.21. The third kappa shape index (κ3) is 5.63. The SMILES string of the molecule is Cc1ccc(-c2nnc(CCC(=O)NCC3CCCN(C(C)C)C3)o2)cc1. The quantitative estimate of drug-likeness (QED) is 0.810. The van der Waals surface area contributed by atoms with Gasteiger partial charge in [0.25, 0.3) is 0 Å². The number of nitrogens with zero attached hydrogens (tertiary/aromatic N) is 3. The first-order valence-electron chi connectivity index (χ1n) is 9.91. The van der Waals surface area contributed by atoms with E-state index in [1.165, 1.54) is 24.9 Å². The van der Waals surface area contributed by atoms with Gasteiger partial charge < -0.3 is 14.6 Å². The number of aryl methyl sites for hydroxylation is 2. The maximum absolute atomic E-state index is 12.2. The molecule has 0 saturated carbocycles. The summed E-state index contributed by atoms with van der Waals surface area (Å²) in [6.07, 6.45) is 3.24. The molecule has 6 nitrogen and oxygen atoms in total. The Bertz CT molecular complexity index is 739. The van der Waals surface area contributed by atoms with Gasteiger partial charge in [-0.05, 0) is 58.2 Å². The zero-order valence-electron chi connectivity index (χ0n) is 16.6. The number of rotatable bonds is 7. The Morgan fingerprint density at radius 3 is 2.81 bits per heavy atom. The molecule has 1 aliphatic rings. The molecule has 1 aromatic heterocycles. The van der Waals surface area contributed by atoms with Crippen molar-refractivity contribution in [3.05, 3.63) is 35.7 Å². The highest BCUT2D eigenvalue weighted by Gasteiger charge is 2.22. The number of benzene rings is 1. The highest BCUT2D eigenvalue weighted by Crippen LogP contribution is 2.19. The Kier molecular flexibility index (Phi) is 6.61. The van der Waals surface area contributed by atoms with Crippen LogP contribution in [0.5, 0.6) is 0 Å². The minimum Gasteiger partial charge on any atom is -0.421 e. The molecule has 1 aliphatic heterocycles. The van der Waals surface area contributed by atoms with Crippen LogP contribution in [0.4, 0.5) is 0 Å². The first-order valence-corrected chi connectivity index (χ1v) is 9.91. The molecule has 1 amide bonds. The van der Waals surface area contributed by atoms with E-state index in [-0.39, 0.29) is 5.91 Å². The fraction of sp³-hybridized carbons (Fsp3) is 0.571. The van der Waals surface area contributed by atoms with E-state index in [0.29, 0.717) is 36.6 Å². The third-order valence-corrected chi connectivity index (χ3v) is 5.20. The van der Waals surface area contributed by atoms with Crippen molar-refractivity contribution in [2.24, 2.45) is 5.92 Å². The normalized spacial score (nSPS) is 18.0. The lowest BCUT2D eigenvalue weighted by Crippen LogP contribution is -2.43. The standard InChI is InChI=1S/C21H30N4O2/c1-15(2)25-12-4-5-17(14-25)13-22-19(26)10-11-20-23-24-21(27-20)18-8-6-16(3)7-9-18/h6-9,15,17H,4-5,10-14H2,1-3H3,(H,22,26). The first kappa shape index (κ1) is 19.5. The minimum atomic E-state index is 0.0479. The molecule has 0 spiro atoms. The van der Waals surface area contributed by atoms with E-state index in [0.717, 1.165) is 18.7 Å². The lowest BCUT2D eigenvalue weighted by molar-refractivity contribution is -0.121. The van der Waals surface area contributed by atoms with Crippen molar-refractivity contribution in [1.29, 1.82) is 0 Å². The second-order valence-electron chi connectivity index (χ2n) is 7.77. The second-order valence-corrected chi connectivity index (χ2v) is 7.77. The maximum Gasteiger partial charge on any atom is 0.247 e. The molecule has 0 radical (unpaired) electrons. The summed E-state index contributed by atoms with van der Waals surface area (Å²) in [6.45, 7) is 9.49. The number of amides is 1. The number of hydrogen-bond acceptors (Lipinski definition) is 5. The summed E-state index contributed by atoms with van der Waals surface area (Å²) in [5.41, 5.74) is 2.08. The third-order valence-electron chi connectivity index (χ3n) is 5.20. The van der Waals surface area contributed by atoms with Gasteiger partial charge in [-0.15, -0.1) is 10.2 Å². The van der Waals surface area contributed by atoms with E-state index in [4.69, 9.17) is 4.42 Å². The zero-order chi connectivity index (χ0) is 19.2. The maximum atomic E-state index is 12.2. The van der Waals surface area contributed by atoms with Gasteiger partial charge in [-0.2, -0.15) is 0 Å². The average molecular weight is 370 g/mol. The van der Waals surface area contributed by atoms with Crippen LogP contribution in [0.3, 0.4) is 0 Å². The van der Waals surface area contributed by atoms with E-state index in [1.807, 2.05) is 31.2 Å². The lowest BCUT2D eigenvalue weighted by Gasteiger charge is -2.35. The Balaban J connectivity index is 1.42. The Morgan fingerprint density at radius 2 is 2.07 bits per heavy atom. The lowest BCUT2D eigenvalue weighted by atomic mass is 9.97. The molecule has 6 heteroatoms. The summed E-state index contributed by atoms with van der Waals surface area (Å²) in [5.74, 6) is 1.60. The van der Waals surface area contributed by atoms with E-state index in [9.17, 15) is 4.79 Å². The van der Waals surface area contributed by atoms with Crippen LogP contribution in [-0.4, -0.2) is 46.7 Å². The van der Waals surface area contributed by atoms with Crippen LogP contribution in [0.2, 0.25) is 0 Å². The van der Waals surface area contributed by atoms with Crippen LogP contribution < -0.4 is 5.32 Å². The van der Waals surface area contributed by atoms with E-state index >= 15 is 0 Å². The fourth-order valence-corrected chi connectivity index (χ4v) is 3.47. The summed E-state index contributed by atoms with van der Waals surface area (Å²) >= 11 is 0. The van der Waals surface area contributed by atoms with Crippen molar-refractivity contribution in [3.63, 3.8) is 0 Å². The number of piperidine rings is 1. The largest absolute Gasteiger partial charge is 0.421 e. The molecule has 146 valence electrons. The Labute approximate surface area is 161 Å². The molecule has 2 heterocycles. The highest BCUT2D eigenvalue weighted by atomic mass is 16.4. The number of nitrogens with one attached hydrogen (secondary N) is 1. The smallest absolute Gasteiger partial charge is 0.247 e. The summed E-state index contributed by atoms with van der Waals surface area (Å²) in [4.78, 5) is 14.7. The average Bonchev–Trinajstić information content (AvgIpc) is 3.14. The van der Waals surface area contributed by atoms with Crippen LogP contribution >= 0.6 is 0 Å². The van der Waals surface area contributed by atoms with Gasteiger partial charge in [0.05, 0.1) is 0 Å². The van der Waals surface area contributed by atoms with Gasteiger partial charge in [-0.3, -0.25) is 4.79 Å². The van der Waals surface area contributed by atoms with Gasteiger partial charge in [0.1, 0.15) is 0 Å². The van der Waals surface area contributed by atoms with Gasteiger partial charge >= 0.3 is 0 Å². The Morgan fingerprint density at radius 1 is 1.30 bits per heavy atom. The van der Waals surface area contributed by atoms with Crippen molar-refractivity contribution < 1.29 is 9.21 Å². The molecule has 3 rings (SSSR count). The van der Waals surface area contributed by atoms with Gasteiger partial charge in [-0.1, -0.05) is 17.7 Å². The van der Waals surface area contributed by atoms with Gasteiger partial charge in [0.15, 0.2) is 0 Å². The van der Waals surface area contributed by atoms with Crippen LogP contribution in [0, 0.1) is 12.8 Å². The van der Waals surface area contributed by atoms with Gasteiger partial charge in [0.2, 0.25) is 17.7 Å². The predicted octanol–water partition coefficient (Wildman–Crippen LogP) is 3.21. The van der Waals surface area contributed by atoms with Crippen LogP contribution in [0.15, 0.2) is 28.7 Å². The fourth-order valence-electron chi connectivity index (χ4n) is 3.47. The molecule has 1 saturated heterocycles. The summed E-state index contributed by atoms with van der Waals surface area (Å²) in [7, 11) is 0. The zero-order valence-corrected chi connectivity index (χ0v) is 16.6. The molecule has 2 aromatic rings. The number of aromatic nitrogens is 2. The highest BCUT2D eigenvalue weighted by molar-refractivity contribution is 5.76. The molecule has 0 bridgehead atoms. The second kappa shape index (κ2) is 9.13.